The molecule has 1 aromatic heterocycles. The summed E-state index contributed by atoms with van der Waals surface area (Å²) in [5.74, 6) is 0.589. The number of imidazole rings is 1. The molecule has 0 bridgehead atoms. The molecule has 0 unspecified atom stereocenters. The van der Waals surface area contributed by atoms with Crippen molar-refractivity contribution in [3.63, 3.8) is 0 Å². The third kappa shape index (κ3) is 3.94. The second kappa shape index (κ2) is 7.88. The molecule has 0 fully saturated rings. The van der Waals surface area contributed by atoms with E-state index < -0.39 is 10.0 Å². The van der Waals surface area contributed by atoms with E-state index in [0.29, 0.717) is 31.9 Å². The number of halogens is 3. The van der Waals surface area contributed by atoms with Crippen LogP contribution in [0.1, 0.15) is 5.82 Å². The van der Waals surface area contributed by atoms with Crippen LogP contribution in [-0.4, -0.2) is 17.4 Å². The molecule has 0 saturated carbocycles. The number of rotatable bonds is 5. The molecule has 0 aliphatic carbocycles. The first kappa shape index (κ1) is 20.0. The minimum absolute atomic E-state index is 0.0934. The highest BCUT2D eigenvalue weighted by Crippen LogP contribution is 2.29. The quantitative estimate of drug-likeness (QED) is 0.371. The molecule has 148 valence electrons. The molecular formula is C20H13Cl3N2O3S. The monoisotopic (exact) mass is 466 g/mol. The Hall–Kier alpha value is -2.25. The Balaban J connectivity index is 1.79. The molecule has 0 N–H and O–H groups in total. The van der Waals surface area contributed by atoms with Crippen LogP contribution < -0.4 is 4.74 Å². The number of aromatic nitrogens is 2. The standard InChI is InChI=1S/C20H13Cl3N2O3S/c21-13-5-8-15(9-6-13)29(26,27)25-18-4-2-1-3-17(18)24-20(25)12-28-19-10-7-14(22)11-16(19)23/h1-11H,12H2. The van der Waals surface area contributed by atoms with E-state index >= 15 is 0 Å². The number of hydrogen-bond donors (Lipinski definition) is 0. The van der Waals surface area contributed by atoms with Gasteiger partial charge in [-0.3, -0.25) is 0 Å². The molecule has 1 heterocycles. The molecular weight excluding hydrogens is 455 g/mol. The zero-order valence-corrected chi connectivity index (χ0v) is 17.8. The molecule has 0 aliphatic heterocycles. The predicted octanol–water partition coefficient (Wildman–Crippen LogP) is 5.81. The highest BCUT2D eigenvalue weighted by atomic mass is 35.5. The van der Waals surface area contributed by atoms with Crippen molar-refractivity contribution >= 4 is 55.9 Å². The molecule has 0 aliphatic rings. The van der Waals surface area contributed by atoms with Gasteiger partial charge in [-0.1, -0.05) is 46.9 Å². The van der Waals surface area contributed by atoms with Crippen LogP contribution in [0.3, 0.4) is 0 Å². The van der Waals surface area contributed by atoms with Gasteiger partial charge in [-0.15, -0.1) is 0 Å². The Bertz CT molecular complexity index is 1300. The third-order valence-electron chi connectivity index (χ3n) is 4.19. The van der Waals surface area contributed by atoms with Gasteiger partial charge in [0.15, 0.2) is 5.82 Å². The second-order valence-corrected chi connectivity index (χ2v) is 9.17. The highest BCUT2D eigenvalue weighted by molar-refractivity contribution is 7.90. The third-order valence-corrected chi connectivity index (χ3v) is 6.73. The van der Waals surface area contributed by atoms with Crippen LogP contribution in [0, 0.1) is 0 Å². The van der Waals surface area contributed by atoms with Crippen molar-refractivity contribution in [3.05, 3.63) is 87.6 Å². The van der Waals surface area contributed by atoms with E-state index in [9.17, 15) is 8.42 Å². The second-order valence-electron chi connectivity index (χ2n) is 6.10. The minimum Gasteiger partial charge on any atom is -0.484 e. The summed E-state index contributed by atoms with van der Waals surface area (Å²) >= 11 is 18.0. The molecule has 9 heteroatoms. The van der Waals surface area contributed by atoms with Crippen LogP contribution in [-0.2, 0) is 16.6 Å². The number of fused-ring (bicyclic) bond motifs is 1. The minimum atomic E-state index is -3.93. The van der Waals surface area contributed by atoms with E-state index in [4.69, 9.17) is 39.5 Å². The first-order valence-corrected chi connectivity index (χ1v) is 11.0. The van der Waals surface area contributed by atoms with Crippen molar-refractivity contribution in [1.29, 1.82) is 0 Å². The van der Waals surface area contributed by atoms with E-state index in [2.05, 4.69) is 4.98 Å². The maximum absolute atomic E-state index is 13.3. The Kier molecular flexibility index (Phi) is 5.44. The summed E-state index contributed by atoms with van der Waals surface area (Å²) in [6.07, 6.45) is 0. The van der Waals surface area contributed by atoms with Crippen LogP contribution in [0.4, 0.5) is 0 Å². The van der Waals surface area contributed by atoms with Crippen LogP contribution in [0.15, 0.2) is 71.6 Å². The Morgan fingerprint density at radius 1 is 0.897 bits per heavy atom. The smallest absolute Gasteiger partial charge is 0.269 e. The van der Waals surface area contributed by atoms with Crippen molar-refractivity contribution in [1.82, 2.24) is 8.96 Å². The van der Waals surface area contributed by atoms with E-state index in [0.717, 1.165) is 0 Å². The largest absolute Gasteiger partial charge is 0.484 e. The molecule has 0 atom stereocenters. The maximum Gasteiger partial charge on any atom is 0.269 e. The number of ether oxygens (including phenoxy) is 1. The average Bonchev–Trinajstić information content (AvgIpc) is 3.07. The van der Waals surface area contributed by atoms with Crippen molar-refractivity contribution in [2.45, 2.75) is 11.5 Å². The fourth-order valence-electron chi connectivity index (χ4n) is 2.86. The van der Waals surface area contributed by atoms with Gasteiger partial charge in [0.25, 0.3) is 10.0 Å². The number of para-hydroxylation sites is 2. The van der Waals surface area contributed by atoms with E-state index in [1.54, 1.807) is 42.5 Å². The van der Waals surface area contributed by atoms with Crippen LogP contribution in [0.2, 0.25) is 15.1 Å². The van der Waals surface area contributed by atoms with Crippen LogP contribution >= 0.6 is 34.8 Å². The summed E-state index contributed by atoms with van der Waals surface area (Å²) in [6.45, 7) is -0.108. The molecule has 4 aromatic rings. The topological polar surface area (TPSA) is 61.2 Å². The summed E-state index contributed by atoms with van der Waals surface area (Å²) in [5, 5.41) is 1.24. The van der Waals surface area contributed by atoms with Gasteiger partial charge >= 0.3 is 0 Å². The van der Waals surface area contributed by atoms with Crippen molar-refractivity contribution in [2.24, 2.45) is 0 Å². The molecule has 0 radical (unpaired) electrons. The van der Waals surface area contributed by atoms with Crippen molar-refractivity contribution < 1.29 is 13.2 Å². The normalized spacial score (nSPS) is 11.7. The lowest BCUT2D eigenvalue weighted by Crippen LogP contribution is -2.17. The van der Waals surface area contributed by atoms with Gasteiger partial charge in [0.1, 0.15) is 12.4 Å². The van der Waals surface area contributed by atoms with Crippen LogP contribution in [0.5, 0.6) is 5.75 Å². The van der Waals surface area contributed by atoms with E-state index in [1.807, 2.05) is 0 Å². The first-order valence-electron chi connectivity index (χ1n) is 8.41. The molecule has 0 amide bonds. The summed E-state index contributed by atoms with van der Waals surface area (Å²) in [4.78, 5) is 4.54. The fourth-order valence-corrected chi connectivity index (χ4v) is 4.92. The zero-order valence-electron chi connectivity index (χ0n) is 14.7. The fraction of sp³-hybridized carbons (Fsp3) is 0.0500. The van der Waals surface area contributed by atoms with E-state index in [1.165, 1.54) is 28.2 Å². The highest BCUT2D eigenvalue weighted by Gasteiger charge is 2.24. The average molecular weight is 468 g/mol. The van der Waals surface area contributed by atoms with Crippen molar-refractivity contribution in [3.8, 4) is 5.75 Å². The summed E-state index contributed by atoms with van der Waals surface area (Å²) in [6, 6.07) is 17.7. The summed E-state index contributed by atoms with van der Waals surface area (Å²) < 4.78 is 33.6. The molecule has 5 nitrogen and oxygen atoms in total. The molecule has 0 spiro atoms. The van der Waals surface area contributed by atoms with Crippen LogP contribution in [0.25, 0.3) is 11.0 Å². The zero-order chi connectivity index (χ0) is 20.6. The number of benzene rings is 3. The van der Waals surface area contributed by atoms with Crippen molar-refractivity contribution in [2.75, 3.05) is 0 Å². The molecule has 0 saturated heterocycles. The van der Waals surface area contributed by atoms with Gasteiger partial charge in [0.2, 0.25) is 0 Å². The Labute approximate surface area is 182 Å². The SMILES string of the molecule is O=S(=O)(c1ccc(Cl)cc1)n1c(COc2ccc(Cl)cc2Cl)nc2ccccc21. The lowest BCUT2D eigenvalue weighted by atomic mass is 10.3. The first-order chi connectivity index (χ1) is 13.9. The lowest BCUT2D eigenvalue weighted by Gasteiger charge is -2.12. The predicted molar refractivity (Wildman–Crippen MR) is 115 cm³/mol. The van der Waals surface area contributed by atoms with E-state index in [-0.39, 0.29) is 17.3 Å². The van der Waals surface area contributed by atoms with Gasteiger partial charge < -0.3 is 4.74 Å². The number of nitrogens with zero attached hydrogens (tertiary/aromatic N) is 2. The number of hydrogen-bond acceptors (Lipinski definition) is 4. The van der Waals surface area contributed by atoms with Gasteiger partial charge in [0, 0.05) is 10.0 Å². The maximum atomic E-state index is 13.3. The Morgan fingerprint density at radius 2 is 1.59 bits per heavy atom. The summed E-state index contributed by atoms with van der Waals surface area (Å²) in [7, 11) is -3.93. The molecule has 29 heavy (non-hydrogen) atoms. The molecule has 3 aromatic carbocycles. The lowest BCUT2D eigenvalue weighted by molar-refractivity contribution is 0.296. The van der Waals surface area contributed by atoms with Gasteiger partial charge in [-0.05, 0) is 54.6 Å². The molecule has 4 rings (SSSR count). The summed E-state index contributed by atoms with van der Waals surface area (Å²) in [5.41, 5.74) is 0.981. The Morgan fingerprint density at radius 3 is 2.31 bits per heavy atom. The van der Waals surface area contributed by atoms with Gasteiger partial charge in [0.05, 0.1) is 21.0 Å². The van der Waals surface area contributed by atoms with Gasteiger partial charge in [-0.25, -0.2) is 17.4 Å². The van der Waals surface area contributed by atoms with Gasteiger partial charge in [-0.2, -0.15) is 0 Å².